The molecule has 0 spiro atoms. The Labute approximate surface area is 142 Å². The largest absolute Gasteiger partial charge is 0.399 e. The summed E-state index contributed by atoms with van der Waals surface area (Å²) in [6.07, 6.45) is 1.15. The zero-order valence-corrected chi connectivity index (χ0v) is 15.4. The van der Waals surface area contributed by atoms with Gasteiger partial charge in [-0.15, -0.1) is 0 Å². The Morgan fingerprint density at radius 1 is 1.17 bits per heavy atom. The van der Waals surface area contributed by atoms with Gasteiger partial charge in [0.15, 0.2) is 0 Å². The van der Waals surface area contributed by atoms with Crippen molar-refractivity contribution in [3.8, 4) is 0 Å². The summed E-state index contributed by atoms with van der Waals surface area (Å²) in [5, 5.41) is 1.95. The standard InChI is InChI=1S/C12H22N4O2S.H2O4S/c1-4-16(14-7-8-15-19(3,17)18)11-5-6-12(13)10(2)9-11;1-5(2,3)4/h5-6,9,14-15H,4,7-8,13H2,1-3H3;(H2,1,2,3,4). The molecule has 0 aliphatic heterocycles. The summed E-state index contributed by atoms with van der Waals surface area (Å²) in [5.74, 6) is 0. The lowest BCUT2D eigenvalue weighted by atomic mass is 10.2. The van der Waals surface area contributed by atoms with Crippen LogP contribution in [0.15, 0.2) is 18.2 Å². The highest BCUT2D eigenvalue weighted by Gasteiger charge is 2.05. The molecule has 24 heavy (non-hydrogen) atoms. The number of sulfonamides is 1. The Kier molecular flexibility index (Phi) is 9.17. The average Bonchev–Trinajstić information content (AvgIpc) is 2.39. The van der Waals surface area contributed by atoms with E-state index in [-0.39, 0.29) is 0 Å². The van der Waals surface area contributed by atoms with E-state index in [0.29, 0.717) is 13.1 Å². The highest BCUT2D eigenvalue weighted by molar-refractivity contribution is 7.88. The Bertz CT molecular complexity index is 713. The molecule has 0 amide bonds. The van der Waals surface area contributed by atoms with Gasteiger partial charge in [-0.2, -0.15) is 8.42 Å². The molecular formula is C12H24N4O6S2. The maximum Gasteiger partial charge on any atom is 0.394 e. The summed E-state index contributed by atoms with van der Waals surface area (Å²) in [5.41, 5.74) is 11.7. The Hall–Kier alpha value is -1.44. The highest BCUT2D eigenvalue weighted by Crippen LogP contribution is 2.19. The van der Waals surface area contributed by atoms with Crippen molar-refractivity contribution >= 4 is 31.8 Å². The molecule has 6 N–H and O–H groups in total. The molecule has 0 heterocycles. The predicted molar refractivity (Wildman–Crippen MR) is 93.6 cm³/mol. The third kappa shape index (κ3) is 12.0. The van der Waals surface area contributed by atoms with Gasteiger partial charge < -0.3 is 10.7 Å². The van der Waals surface area contributed by atoms with Crippen molar-refractivity contribution in [1.82, 2.24) is 10.1 Å². The molecule has 1 rings (SSSR count). The summed E-state index contributed by atoms with van der Waals surface area (Å²) in [6.45, 7) is 5.61. The topological polar surface area (TPSA) is 162 Å². The van der Waals surface area contributed by atoms with Crippen LogP contribution in [0.4, 0.5) is 11.4 Å². The molecular weight excluding hydrogens is 360 g/mol. The number of anilines is 2. The van der Waals surface area contributed by atoms with Crippen LogP contribution in [0, 0.1) is 6.92 Å². The quantitative estimate of drug-likeness (QED) is 0.185. The van der Waals surface area contributed by atoms with Crippen molar-refractivity contribution in [1.29, 1.82) is 0 Å². The number of hydrogen-bond donors (Lipinski definition) is 5. The van der Waals surface area contributed by atoms with Crippen LogP contribution in [0.5, 0.6) is 0 Å². The summed E-state index contributed by atoms with van der Waals surface area (Å²) >= 11 is 0. The van der Waals surface area contributed by atoms with Crippen molar-refractivity contribution in [2.75, 3.05) is 36.6 Å². The normalized spacial score (nSPS) is 11.5. The van der Waals surface area contributed by atoms with Gasteiger partial charge in [0.25, 0.3) is 0 Å². The SMILES string of the molecule is CCN(NCCNS(C)(=O)=O)c1ccc(N)c(C)c1.O=S(=O)(O)O. The number of nitrogens with two attached hydrogens (primary N) is 1. The van der Waals surface area contributed by atoms with E-state index in [2.05, 4.69) is 10.1 Å². The predicted octanol–water partition coefficient (Wildman–Crippen LogP) is -0.195. The van der Waals surface area contributed by atoms with Crippen LogP contribution in [0.25, 0.3) is 0 Å². The van der Waals surface area contributed by atoms with Crippen LogP contribution in [-0.2, 0) is 20.4 Å². The molecule has 0 fully saturated rings. The van der Waals surface area contributed by atoms with Gasteiger partial charge in [0, 0.05) is 25.3 Å². The first-order valence-corrected chi connectivity index (χ1v) is 10.1. The molecule has 1 aromatic carbocycles. The van der Waals surface area contributed by atoms with Gasteiger partial charge in [-0.3, -0.25) is 9.11 Å². The number of nitrogens with zero attached hydrogens (tertiary/aromatic N) is 1. The van der Waals surface area contributed by atoms with Crippen LogP contribution < -0.4 is 20.9 Å². The number of nitrogens with one attached hydrogen (secondary N) is 2. The van der Waals surface area contributed by atoms with Gasteiger partial charge in [0.1, 0.15) is 0 Å². The van der Waals surface area contributed by atoms with Crippen LogP contribution in [0.1, 0.15) is 12.5 Å². The molecule has 0 radical (unpaired) electrons. The van der Waals surface area contributed by atoms with Crippen LogP contribution in [-0.4, -0.2) is 51.8 Å². The Morgan fingerprint density at radius 2 is 1.71 bits per heavy atom. The third-order valence-electron chi connectivity index (χ3n) is 2.67. The molecule has 0 unspecified atom stereocenters. The van der Waals surface area contributed by atoms with E-state index in [9.17, 15) is 8.42 Å². The first-order valence-electron chi connectivity index (χ1n) is 6.85. The van der Waals surface area contributed by atoms with E-state index in [1.165, 1.54) is 0 Å². The third-order valence-corrected chi connectivity index (χ3v) is 3.40. The number of aryl methyl sites for hydroxylation is 1. The van der Waals surface area contributed by atoms with Crippen molar-refractivity contribution in [3.05, 3.63) is 23.8 Å². The van der Waals surface area contributed by atoms with Gasteiger partial charge in [0.2, 0.25) is 10.0 Å². The minimum absolute atomic E-state index is 0.350. The lowest BCUT2D eigenvalue weighted by molar-refractivity contribution is 0.381. The monoisotopic (exact) mass is 384 g/mol. The van der Waals surface area contributed by atoms with Gasteiger partial charge in [-0.1, -0.05) is 0 Å². The molecule has 140 valence electrons. The van der Waals surface area contributed by atoms with Crippen LogP contribution >= 0.6 is 0 Å². The van der Waals surface area contributed by atoms with E-state index in [1.54, 1.807) is 0 Å². The summed E-state index contributed by atoms with van der Waals surface area (Å²) in [7, 11) is -7.80. The summed E-state index contributed by atoms with van der Waals surface area (Å²) in [4.78, 5) is 0. The van der Waals surface area contributed by atoms with E-state index < -0.39 is 20.4 Å². The number of hydrogen-bond acceptors (Lipinski definition) is 7. The van der Waals surface area contributed by atoms with Crippen LogP contribution in [0.2, 0.25) is 0 Å². The molecule has 12 heteroatoms. The lowest BCUT2D eigenvalue weighted by Gasteiger charge is -2.24. The summed E-state index contributed by atoms with van der Waals surface area (Å²) < 4.78 is 55.9. The van der Waals surface area contributed by atoms with E-state index in [4.69, 9.17) is 23.3 Å². The molecule has 0 aliphatic carbocycles. The van der Waals surface area contributed by atoms with Crippen molar-refractivity contribution in [2.24, 2.45) is 0 Å². The zero-order valence-electron chi connectivity index (χ0n) is 13.7. The Morgan fingerprint density at radius 3 is 2.12 bits per heavy atom. The first-order chi connectivity index (χ1) is 10.8. The molecule has 0 saturated carbocycles. The fraction of sp³-hybridized carbons (Fsp3) is 0.500. The number of nitrogen functional groups attached to an aromatic ring is 1. The van der Waals surface area contributed by atoms with E-state index >= 15 is 0 Å². The second-order valence-electron chi connectivity index (χ2n) is 4.81. The van der Waals surface area contributed by atoms with Gasteiger partial charge >= 0.3 is 10.4 Å². The molecule has 0 saturated heterocycles. The second-order valence-corrected chi connectivity index (χ2v) is 7.54. The maximum atomic E-state index is 10.9. The van der Waals surface area contributed by atoms with E-state index in [1.807, 2.05) is 37.1 Å². The molecule has 1 aromatic rings. The molecule has 0 aromatic heterocycles. The maximum absolute atomic E-state index is 10.9. The van der Waals surface area contributed by atoms with Crippen molar-refractivity contribution in [2.45, 2.75) is 13.8 Å². The minimum atomic E-state index is -4.67. The van der Waals surface area contributed by atoms with Crippen molar-refractivity contribution in [3.63, 3.8) is 0 Å². The smallest absolute Gasteiger partial charge is 0.394 e. The fourth-order valence-electron chi connectivity index (χ4n) is 1.64. The summed E-state index contributed by atoms with van der Waals surface area (Å²) in [6, 6.07) is 5.79. The van der Waals surface area contributed by atoms with Gasteiger partial charge in [-0.25, -0.2) is 18.6 Å². The number of hydrazine groups is 1. The lowest BCUT2D eigenvalue weighted by Crippen LogP contribution is -2.42. The van der Waals surface area contributed by atoms with Gasteiger partial charge in [-0.05, 0) is 37.6 Å². The molecule has 0 aliphatic rings. The molecule has 10 nitrogen and oxygen atoms in total. The first kappa shape index (κ1) is 22.6. The number of benzene rings is 1. The minimum Gasteiger partial charge on any atom is -0.399 e. The van der Waals surface area contributed by atoms with E-state index in [0.717, 1.165) is 29.7 Å². The second kappa shape index (κ2) is 9.76. The highest BCUT2D eigenvalue weighted by atomic mass is 32.3. The molecule has 0 bridgehead atoms. The fourth-order valence-corrected chi connectivity index (χ4v) is 2.11. The van der Waals surface area contributed by atoms with Crippen LogP contribution in [0.3, 0.4) is 0 Å². The average molecular weight is 384 g/mol. The molecule has 0 atom stereocenters. The Balaban J connectivity index is 0.000000922. The van der Waals surface area contributed by atoms with Gasteiger partial charge in [0.05, 0.1) is 11.9 Å². The van der Waals surface area contributed by atoms with Crippen molar-refractivity contribution < 1.29 is 25.9 Å². The zero-order chi connectivity index (χ0) is 19.0. The number of rotatable bonds is 7.